The van der Waals surface area contributed by atoms with Crippen LogP contribution in [-0.4, -0.2) is 35.6 Å². The van der Waals surface area contributed by atoms with Gasteiger partial charge in [0.05, 0.1) is 5.02 Å². The largest absolute Gasteiger partial charge is 0.314 e. The zero-order valence-electron chi connectivity index (χ0n) is 9.62. The van der Waals surface area contributed by atoms with Crippen LogP contribution in [-0.2, 0) is 6.54 Å². The van der Waals surface area contributed by atoms with Gasteiger partial charge in [-0.15, -0.1) is 0 Å². The van der Waals surface area contributed by atoms with Gasteiger partial charge >= 0.3 is 0 Å². The predicted molar refractivity (Wildman–Crippen MR) is 66.6 cm³/mol. The first-order valence-electron chi connectivity index (χ1n) is 5.84. The van der Waals surface area contributed by atoms with E-state index in [4.69, 9.17) is 11.6 Å². The smallest absolute Gasteiger partial charge is 0.0634 e. The average molecular weight is 240 g/mol. The summed E-state index contributed by atoms with van der Waals surface area (Å²) in [5, 5.41) is 4.20. The molecule has 1 saturated heterocycles. The topological polar surface area (TPSA) is 28.2 Å². The van der Waals surface area contributed by atoms with E-state index in [0.717, 1.165) is 31.2 Å². The molecule has 1 aromatic heterocycles. The molecule has 2 rings (SSSR count). The van der Waals surface area contributed by atoms with Crippen LogP contribution < -0.4 is 5.32 Å². The lowest BCUT2D eigenvalue weighted by atomic mass is 10.1. The minimum Gasteiger partial charge on any atom is -0.314 e. The van der Waals surface area contributed by atoms with Crippen LogP contribution in [0.15, 0.2) is 18.5 Å². The summed E-state index contributed by atoms with van der Waals surface area (Å²) in [6.07, 6.45) is 4.71. The van der Waals surface area contributed by atoms with E-state index in [-0.39, 0.29) is 0 Å². The highest BCUT2D eigenvalue weighted by Gasteiger charge is 2.20. The first-order valence-corrected chi connectivity index (χ1v) is 6.22. The van der Waals surface area contributed by atoms with Crippen molar-refractivity contribution in [3.8, 4) is 0 Å². The molecule has 0 spiro atoms. The van der Waals surface area contributed by atoms with Crippen LogP contribution in [0.5, 0.6) is 0 Å². The maximum atomic E-state index is 6.13. The lowest BCUT2D eigenvalue weighted by molar-refractivity contribution is 0.149. The highest BCUT2D eigenvalue weighted by atomic mass is 35.5. The van der Waals surface area contributed by atoms with Crippen molar-refractivity contribution in [2.75, 3.05) is 19.6 Å². The molecule has 1 atom stereocenters. The molecule has 1 aliphatic rings. The maximum Gasteiger partial charge on any atom is 0.0634 e. The van der Waals surface area contributed by atoms with E-state index in [1.54, 1.807) is 6.20 Å². The highest BCUT2D eigenvalue weighted by molar-refractivity contribution is 6.31. The van der Waals surface area contributed by atoms with Crippen LogP contribution in [0.2, 0.25) is 5.02 Å². The lowest BCUT2D eigenvalue weighted by Crippen LogP contribution is -2.50. The van der Waals surface area contributed by atoms with Crippen molar-refractivity contribution in [2.24, 2.45) is 0 Å². The van der Waals surface area contributed by atoms with Crippen LogP contribution >= 0.6 is 11.6 Å². The number of pyridine rings is 1. The second-order valence-electron chi connectivity index (χ2n) is 4.20. The van der Waals surface area contributed by atoms with Crippen molar-refractivity contribution in [3.63, 3.8) is 0 Å². The van der Waals surface area contributed by atoms with E-state index < -0.39 is 0 Å². The molecule has 3 nitrogen and oxygen atoms in total. The number of hydrogen-bond acceptors (Lipinski definition) is 3. The number of nitrogens with zero attached hydrogens (tertiary/aromatic N) is 2. The quantitative estimate of drug-likeness (QED) is 0.874. The molecule has 0 amide bonds. The van der Waals surface area contributed by atoms with E-state index in [2.05, 4.69) is 22.1 Å². The zero-order valence-corrected chi connectivity index (χ0v) is 10.4. The van der Waals surface area contributed by atoms with Crippen molar-refractivity contribution in [3.05, 3.63) is 29.0 Å². The van der Waals surface area contributed by atoms with Gasteiger partial charge in [0.15, 0.2) is 0 Å². The van der Waals surface area contributed by atoms with Gasteiger partial charge in [0.1, 0.15) is 0 Å². The fourth-order valence-corrected chi connectivity index (χ4v) is 2.34. The first-order chi connectivity index (χ1) is 7.81. The van der Waals surface area contributed by atoms with Crippen LogP contribution in [0, 0.1) is 0 Å². The number of hydrogen-bond donors (Lipinski definition) is 1. The summed E-state index contributed by atoms with van der Waals surface area (Å²) in [5.41, 5.74) is 1.18. The summed E-state index contributed by atoms with van der Waals surface area (Å²) in [7, 11) is 0. The van der Waals surface area contributed by atoms with Gasteiger partial charge in [0.25, 0.3) is 0 Å². The Morgan fingerprint density at radius 3 is 3.25 bits per heavy atom. The monoisotopic (exact) mass is 239 g/mol. The zero-order chi connectivity index (χ0) is 11.4. The number of piperazine rings is 1. The SMILES string of the molecule is CCC1CNCCN1Cc1ccncc1Cl. The molecule has 4 heteroatoms. The van der Waals surface area contributed by atoms with E-state index in [1.807, 2.05) is 12.3 Å². The van der Waals surface area contributed by atoms with Gasteiger partial charge in [-0.25, -0.2) is 0 Å². The molecule has 16 heavy (non-hydrogen) atoms. The summed E-state index contributed by atoms with van der Waals surface area (Å²) < 4.78 is 0. The molecule has 0 aromatic carbocycles. The van der Waals surface area contributed by atoms with Gasteiger partial charge in [0.2, 0.25) is 0 Å². The van der Waals surface area contributed by atoms with Crippen molar-refractivity contribution in [1.29, 1.82) is 0 Å². The molecule has 1 aromatic rings. The fraction of sp³-hybridized carbons (Fsp3) is 0.583. The van der Waals surface area contributed by atoms with Crippen molar-refractivity contribution in [2.45, 2.75) is 25.9 Å². The second kappa shape index (κ2) is 5.62. The second-order valence-corrected chi connectivity index (χ2v) is 4.61. The fourth-order valence-electron chi connectivity index (χ4n) is 2.16. The van der Waals surface area contributed by atoms with Crippen LogP contribution in [0.4, 0.5) is 0 Å². The third-order valence-corrected chi connectivity index (χ3v) is 3.51. The van der Waals surface area contributed by atoms with Crippen LogP contribution in [0.3, 0.4) is 0 Å². The Kier molecular flexibility index (Phi) is 4.16. The molecule has 0 aliphatic carbocycles. The molecule has 88 valence electrons. The third kappa shape index (κ3) is 2.73. The lowest BCUT2D eigenvalue weighted by Gasteiger charge is -2.35. The maximum absolute atomic E-state index is 6.13. The van der Waals surface area contributed by atoms with Crippen LogP contribution in [0.25, 0.3) is 0 Å². The molecule has 1 fully saturated rings. The third-order valence-electron chi connectivity index (χ3n) is 3.17. The number of halogens is 1. The Morgan fingerprint density at radius 1 is 1.62 bits per heavy atom. The molecular weight excluding hydrogens is 222 g/mol. The van der Waals surface area contributed by atoms with Gasteiger partial charge in [-0.1, -0.05) is 18.5 Å². The number of nitrogens with one attached hydrogen (secondary N) is 1. The average Bonchev–Trinajstić information content (AvgIpc) is 2.33. The first kappa shape index (κ1) is 11.8. The van der Waals surface area contributed by atoms with Gasteiger partial charge in [0, 0.05) is 44.6 Å². The van der Waals surface area contributed by atoms with E-state index >= 15 is 0 Å². The Labute approximate surface area is 102 Å². The van der Waals surface area contributed by atoms with Crippen molar-refractivity contribution < 1.29 is 0 Å². The normalized spacial score (nSPS) is 22.2. The summed E-state index contributed by atoms with van der Waals surface area (Å²) in [6.45, 7) is 6.41. The van der Waals surface area contributed by atoms with Crippen LogP contribution in [0.1, 0.15) is 18.9 Å². The Morgan fingerprint density at radius 2 is 2.50 bits per heavy atom. The van der Waals surface area contributed by atoms with Gasteiger partial charge < -0.3 is 5.32 Å². The van der Waals surface area contributed by atoms with E-state index in [9.17, 15) is 0 Å². The van der Waals surface area contributed by atoms with E-state index in [1.165, 1.54) is 12.0 Å². The molecule has 1 aliphatic heterocycles. The summed E-state index contributed by atoms with van der Waals surface area (Å²) >= 11 is 6.13. The molecule has 1 N–H and O–H groups in total. The van der Waals surface area contributed by atoms with Gasteiger partial charge in [-0.3, -0.25) is 9.88 Å². The van der Waals surface area contributed by atoms with Crippen molar-refractivity contribution in [1.82, 2.24) is 15.2 Å². The van der Waals surface area contributed by atoms with E-state index in [0.29, 0.717) is 6.04 Å². The van der Waals surface area contributed by atoms with Gasteiger partial charge in [-0.05, 0) is 18.1 Å². The molecule has 1 unspecified atom stereocenters. The standard InChI is InChI=1S/C12H18ClN3/c1-2-11-7-15-5-6-16(11)9-10-3-4-14-8-12(10)13/h3-4,8,11,15H,2,5-7,9H2,1H3. The summed E-state index contributed by atoms with van der Waals surface area (Å²) in [4.78, 5) is 6.51. The molecule has 0 saturated carbocycles. The van der Waals surface area contributed by atoms with Crippen molar-refractivity contribution >= 4 is 11.6 Å². The molecule has 2 heterocycles. The molecule has 0 radical (unpaired) electrons. The summed E-state index contributed by atoms with van der Waals surface area (Å²) in [6, 6.07) is 2.63. The minimum atomic E-state index is 0.623. The Hall–Kier alpha value is -0.640. The predicted octanol–water partition coefficient (Wildman–Crippen LogP) is 1.92. The van der Waals surface area contributed by atoms with Gasteiger partial charge in [-0.2, -0.15) is 0 Å². The Balaban J connectivity index is 2.05. The number of aromatic nitrogens is 1. The Bertz CT molecular complexity index is 343. The number of rotatable bonds is 3. The molecular formula is C12H18ClN3. The molecule has 0 bridgehead atoms. The summed E-state index contributed by atoms with van der Waals surface area (Å²) in [5.74, 6) is 0. The highest BCUT2D eigenvalue weighted by Crippen LogP contribution is 2.18. The minimum absolute atomic E-state index is 0.623.